The lowest BCUT2D eigenvalue weighted by atomic mass is 9.92. The van der Waals surface area contributed by atoms with Gasteiger partial charge in [0.25, 0.3) is 0 Å². The zero-order valence-electron chi connectivity index (χ0n) is 25.3. The number of aromatic nitrogens is 1. The highest BCUT2D eigenvalue weighted by atomic mass is 16.6. The summed E-state index contributed by atoms with van der Waals surface area (Å²) in [7, 11) is 1.65. The topological polar surface area (TPSA) is 92.2 Å². The summed E-state index contributed by atoms with van der Waals surface area (Å²) < 4.78 is 11.8. The normalized spacial score (nSPS) is 16.4. The molecule has 1 fully saturated rings. The van der Waals surface area contributed by atoms with Crippen LogP contribution in [-0.4, -0.2) is 53.8 Å². The molecule has 1 aromatic heterocycles. The van der Waals surface area contributed by atoms with Crippen molar-refractivity contribution in [3.63, 3.8) is 0 Å². The Labute approximate surface area is 248 Å². The van der Waals surface area contributed by atoms with Crippen molar-refractivity contribution in [3.05, 3.63) is 76.0 Å². The van der Waals surface area contributed by atoms with Gasteiger partial charge < -0.3 is 24.4 Å². The van der Waals surface area contributed by atoms with Crippen molar-refractivity contribution >= 4 is 17.9 Å². The molecule has 2 atom stereocenters. The van der Waals surface area contributed by atoms with E-state index >= 15 is 0 Å². The molecule has 8 heteroatoms. The number of amides is 1. The number of hydrogen-bond acceptors (Lipinski definition) is 6. The summed E-state index contributed by atoms with van der Waals surface area (Å²) in [5.74, 6) is 0.780. The van der Waals surface area contributed by atoms with Crippen molar-refractivity contribution in [2.24, 2.45) is 0 Å². The number of carboxylic acid groups (broad SMARTS) is 1. The third-order valence-corrected chi connectivity index (χ3v) is 8.49. The van der Waals surface area contributed by atoms with Gasteiger partial charge in [-0.1, -0.05) is 29.3 Å². The molecule has 0 radical (unpaired) electrons. The first kappa shape index (κ1) is 29.4. The number of benzene rings is 2. The number of aliphatic carboxylic acids is 1. The quantitative estimate of drug-likeness (QED) is 0.286. The number of ether oxygens (including phenoxy) is 2. The van der Waals surface area contributed by atoms with E-state index in [0.29, 0.717) is 6.54 Å². The van der Waals surface area contributed by atoms with E-state index in [1.165, 1.54) is 0 Å². The molecule has 8 nitrogen and oxygen atoms in total. The molecule has 1 saturated heterocycles. The largest absolute Gasteiger partial charge is 0.496 e. The van der Waals surface area contributed by atoms with E-state index in [1.54, 1.807) is 12.0 Å². The molecule has 2 aromatic carbocycles. The highest BCUT2D eigenvalue weighted by Gasteiger charge is 2.29. The molecular weight excluding hydrogens is 530 g/mol. The van der Waals surface area contributed by atoms with E-state index in [1.807, 2.05) is 39.8 Å². The fraction of sp³-hybridized carbons (Fsp3) is 0.441. The second-order valence-corrected chi connectivity index (χ2v) is 11.6. The molecule has 0 unspecified atom stereocenters. The Morgan fingerprint density at radius 1 is 1.10 bits per heavy atom. The minimum absolute atomic E-state index is 0.0345. The number of pyridine rings is 1. The van der Waals surface area contributed by atoms with Crippen LogP contribution in [-0.2, 0) is 22.5 Å². The van der Waals surface area contributed by atoms with Gasteiger partial charge in [0.15, 0.2) is 0 Å². The summed E-state index contributed by atoms with van der Waals surface area (Å²) in [5.41, 5.74) is 7.90. The van der Waals surface area contributed by atoms with Crippen molar-refractivity contribution < 1.29 is 24.2 Å². The van der Waals surface area contributed by atoms with Crippen molar-refractivity contribution in [3.8, 4) is 16.9 Å². The van der Waals surface area contributed by atoms with Crippen LogP contribution in [0.2, 0.25) is 0 Å². The molecular formula is C34H41N3O5. The Morgan fingerprint density at radius 3 is 2.45 bits per heavy atom. The maximum absolute atomic E-state index is 13.5. The van der Waals surface area contributed by atoms with Crippen molar-refractivity contribution in [2.75, 3.05) is 31.6 Å². The summed E-state index contributed by atoms with van der Waals surface area (Å²) >= 11 is 0. The first-order chi connectivity index (χ1) is 20.2. The van der Waals surface area contributed by atoms with Gasteiger partial charge in [0, 0.05) is 30.8 Å². The minimum Gasteiger partial charge on any atom is -0.496 e. The number of methoxy groups -OCH3 is 1. The average molecular weight is 572 g/mol. The van der Waals surface area contributed by atoms with Crippen LogP contribution in [0.25, 0.3) is 11.1 Å². The number of fused-ring (bicyclic) bond motifs is 1. The van der Waals surface area contributed by atoms with Crippen LogP contribution >= 0.6 is 0 Å². The minimum atomic E-state index is -0.793. The summed E-state index contributed by atoms with van der Waals surface area (Å²) in [5, 5.41) is 9.49. The molecule has 42 heavy (non-hydrogen) atoms. The summed E-state index contributed by atoms with van der Waals surface area (Å²) in [6.45, 7) is 10.6. The summed E-state index contributed by atoms with van der Waals surface area (Å²) in [6.07, 6.45) is 2.08. The number of nitrogens with zero attached hydrogens (tertiary/aromatic N) is 3. The third kappa shape index (κ3) is 6.22. The predicted octanol–water partition coefficient (Wildman–Crippen LogP) is 6.81. The first-order valence-electron chi connectivity index (χ1n) is 14.9. The number of carbonyl (C=O) groups is 2. The Hall–Kier alpha value is -4.07. The molecule has 3 aromatic rings. The molecule has 222 valence electrons. The molecule has 0 saturated carbocycles. The Morgan fingerprint density at radius 2 is 1.83 bits per heavy atom. The van der Waals surface area contributed by atoms with E-state index in [-0.39, 0.29) is 18.9 Å². The van der Waals surface area contributed by atoms with Gasteiger partial charge in [-0.05, 0) is 93.8 Å². The van der Waals surface area contributed by atoms with Crippen LogP contribution < -0.4 is 9.64 Å². The SMILES string of the molecule is CCN(Cc1nc(N2CCC2)ccc1-c1cc2c(cc1OC)CC[C@H]2CC(=O)O)C(=O)O[C@@H](C)c1cc(C)cc(C)c1. The van der Waals surface area contributed by atoms with E-state index in [9.17, 15) is 14.7 Å². The summed E-state index contributed by atoms with van der Waals surface area (Å²) in [6, 6.07) is 14.4. The van der Waals surface area contributed by atoms with Gasteiger partial charge in [-0.3, -0.25) is 4.79 Å². The first-order valence-corrected chi connectivity index (χ1v) is 14.9. The van der Waals surface area contributed by atoms with Gasteiger partial charge in [-0.2, -0.15) is 0 Å². The van der Waals surface area contributed by atoms with Crippen LogP contribution in [0.4, 0.5) is 10.6 Å². The predicted molar refractivity (Wildman–Crippen MR) is 163 cm³/mol. The van der Waals surface area contributed by atoms with Gasteiger partial charge in [-0.25, -0.2) is 9.78 Å². The maximum Gasteiger partial charge on any atom is 0.410 e. The monoisotopic (exact) mass is 571 g/mol. The number of carboxylic acids is 1. The summed E-state index contributed by atoms with van der Waals surface area (Å²) in [4.78, 5) is 34.0. The molecule has 1 amide bonds. The van der Waals surface area contributed by atoms with Crippen molar-refractivity contribution in [2.45, 2.75) is 71.9 Å². The Kier molecular flexibility index (Phi) is 8.71. The lowest BCUT2D eigenvalue weighted by Gasteiger charge is -2.33. The van der Waals surface area contributed by atoms with E-state index in [2.05, 4.69) is 35.2 Å². The van der Waals surface area contributed by atoms with Crippen LogP contribution in [0.5, 0.6) is 5.75 Å². The number of aryl methyl sites for hydroxylation is 3. The van der Waals surface area contributed by atoms with Gasteiger partial charge in [0.1, 0.15) is 17.7 Å². The van der Waals surface area contributed by atoms with Crippen LogP contribution in [0.1, 0.15) is 78.6 Å². The van der Waals surface area contributed by atoms with Gasteiger partial charge in [-0.15, -0.1) is 0 Å². The maximum atomic E-state index is 13.5. The fourth-order valence-corrected chi connectivity index (χ4v) is 6.12. The van der Waals surface area contributed by atoms with Crippen LogP contribution in [0, 0.1) is 13.8 Å². The van der Waals surface area contributed by atoms with Crippen LogP contribution in [0.15, 0.2) is 42.5 Å². The van der Waals surface area contributed by atoms with Crippen molar-refractivity contribution in [1.29, 1.82) is 0 Å². The number of rotatable bonds is 10. The standard InChI is InChI=1S/C34H41N3O5/c1-6-36(34(40)42-23(4)26-15-21(2)14-22(3)16-26)20-30-27(10-11-32(35-30)37-12-7-13-37)29-19-28-24(17-31(29)41-5)8-9-25(28)18-33(38)39/h10-11,14-17,19,23,25H,6-9,12-13,18,20H2,1-5H3,(H,38,39)/t23-,25-/m0/s1. The van der Waals surface area contributed by atoms with E-state index in [0.717, 1.165) is 88.6 Å². The highest BCUT2D eigenvalue weighted by molar-refractivity contribution is 5.77. The number of anilines is 1. The number of hydrogen-bond donors (Lipinski definition) is 1. The Balaban J connectivity index is 1.48. The second-order valence-electron chi connectivity index (χ2n) is 11.6. The smallest absolute Gasteiger partial charge is 0.410 e. The molecule has 1 aliphatic carbocycles. The molecule has 5 rings (SSSR count). The van der Waals surface area contributed by atoms with Gasteiger partial charge >= 0.3 is 12.1 Å². The van der Waals surface area contributed by atoms with Gasteiger partial charge in [0.2, 0.25) is 0 Å². The second kappa shape index (κ2) is 12.4. The zero-order chi connectivity index (χ0) is 30.0. The third-order valence-electron chi connectivity index (χ3n) is 8.49. The van der Waals surface area contributed by atoms with E-state index in [4.69, 9.17) is 14.5 Å². The molecule has 2 heterocycles. The number of carbonyl (C=O) groups excluding carboxylic acids is 1. The molecule has 1 N–H and O–H groups in total. The molecule has 0 spiro atoms. The fourth-order valence-electron chi connectivity index (χ4n) is 6.12. The lowest BCUT2D eigenvalue weighted by molar-refractivity contribution is -0.137. The molecule has 1 aliphatic heterocycles. The Bertz CT molecular complexity index is 1460. The van der Waals surface area contributed by atoms with Crippen molar-refractivity contribution in [1.82, 2.24) is 9.88 Å². The molecule has 0 bridgehead atoms. The van der Waals surface area contributed by atoms with Gasteiger partial charge in [0.05, 0.1) is 25.8 Å². The van der Waals surface area contributed by atoms with Crippen LogP contribution in [0.3, 0.4) is 0 Å². The molecule has 2 aliphatic rings. The lowest BCUT2D eigenvalue weighted by Crippen LogP contribution is -2.38. The van der Waals surface area contributed by atoms with E-state index < -0.39 is 18.2 Å². The average Bonchev–Trinajstić information content (AvgIpc) is 3.30. The zero-order valence-corrected chi connectivity index (χ0v) is 25.3. The highest BCUT2D eigenvalue weighted by Crippen LogP contribution is 2.43.